The van der Waals surface area contributed by atoms with Crippen molar-refractivity contribution in [3.63, 3.8) is 0 Å². The minimum absolute atomic E-state index is 0.0483. The molecular weight excluding hydrogens is 376 g/mol. The minimum Gasteiger partial charge on any atom is -0.456 e. The van der Waals surface area contributed by atoms with Crippen LogP contribution < -0.4 is 21.3 Å². The maximum Gasteiger partial charge on any atom is 0.321 e. The maximum absolute atomic E-state index is 11.9. The summed E-state index contributed by atoms with van der Waals surface area (Å²) in [7, 11) is 0. The molecule has 158 valence electrons. The molecule has 4 N–H and O–H groups in total. The van der Waals surface area contributed by atoms with Gasteiger partial charge >= 0.3 is 18.0 Å². The molecule has 0 spiro atoms. The number of carbonyl (C=O) groups excluding carboxylic acids is 4. The Labute approximate surface area is 169 Å². The second-order valence-electron chi connectivity index (χ2n) is 7.05. The van der Waals surface area contributed by atoms with Gasteiger partial charge in [0.15, 0.2) is 6.61 Å². The highest BCUT2D eigenvalue weighted by atomic mass is 16.5. The fourth-order valence-electron chi connectivity index (χ4n) is 3.09. The van der Waals surface area contributed by atoms with E-state index in [9.17, 15) is 19.2 Å². The summed E-state index contributed by atoms with van der Waals surface area (Å²) in [5, 5.41) is 10.1. The molecule has 0 heterocycles. The number of carbonyl (C=O) groups is 4. The molecule has 9 nitrogen and oxygen atoms in total. The Kier molecular flexibility index (Phi) is 8.94. The van der Waals surface area contributed by atoms with Gasteiger partial charge in [-0.2, -0.15) is 0 Å². The first-order valence-electron chi connectivity index (χ1n) is 9.80. The molecule has 0 aromatic heterocycles. The van der Waals surface area contributed by atoms with Crippen molar-refractivity contribution in [2.24, 2.45) is 5.92 Å². The predicted molar refractivity (Wildman–Crippen MR) is 107 cm³/mol. The fourth-order valence-corrected chi connectivity index (χ4v) is 3.09. The lowest BCUT2D eigenvalue weighted by Gasteiger charge is -2.29. The number of ether oxygens (including phenoxy) is 1. The van der Waals surface area contributed by atoms with Crippen LogP contribution >= 0.6 is 0 Å². The number of anilines is 1. The SMILES string of the molecule is C[C@H]1CCCC[C@@H]1NC(=O)NC(=O)COC(=O)CCNC(=O)Nc1ccccc1. The Morgan fingerprint density at radius 3 is 2.48 bits per heavy atom. The molecule has 1 aliphatic rings. The number of rotatable bonds is 7. The van der Waals surface area contributed by atoms with Gasteiger partial charge in [-0.3, -0.25) is 14.9 Å². The normalized spacial score (nSPS) is 18.2. The van der Waals surface area contributed by atoms with Crippen LogP contribution in [0.4, 0.5) is 15.3 Å². The number of benzene rings is 1. The highest BCUT2D eigenvalue weighted by Gasteiger charge is 2.23. The van der Waals surface area contributed by atoms with Gasteiger partial charge in [-0.25, -0.2) is 9.59 Å². The van der Waals surface area contributed by atoms with Crippen LogP contribution in [0.15, 0.2) is 30.3 Å². The van der Waals surface area contributed by atoms with Crippen molar-refractivity contribution in [3.8, 4) is 0 Å². The van der Waals surface area contributed by atoms with Gasteiger partial charge in [-0.1, -0.05) is 38.0 Å². The van der Waals surface area contributed by atoms with Crippen LogP contribution in [0.2, 0.25) is 0 Å². The van der Waals surface area contributed by atoms with Crippen molar-refractivity contribution in [2.75, 3.05) is 18.5 Å². The van der Waals surface area contributed by atoms with Gasteiger partial charge in [0.25, 0.3) is 5.91 Å². The zero-order chi connectivity index (χ0) is 21.1. The molecule has 1 aromatic carbocycles. The van der Waals surface area contributed by atoms with Crippen molar-refractivity contribution in [1.29, 1.82) is 0 Å². The Morgan fingerprint density at radius 1 is 1.03 bits per heavy atom. The van der Waals surface area contributed by atoms with E-state index in [0.29, 0.717) is 11.6 Å². The third-order valence-corrected chi connectivity index (χ3v) is 4.69. The van der Waals surface area contributed by atoms with E-state index in [1.807, 2.05) is 6.07 Å². The van der Waals surface area contributed by atoms with E-state index in [2.05, 4.69) is 28.2 Å². The van der Waals surface area contributed by atoms with Crippen molar-refractivity contribution < 1.29 is 23.9 Å². The van der Waals surface area contributed by atoms with E-state index in [1.54, 1.807) is 24.3 Å². The van der Waals surface area contributed by atoms with Crippen molar-refractivity contribution in [1.82, 2.24) is 16.0 Å². The molecule has 0 radical (unpaired) electrons. The zero-order valence-electron chi connectivity index (χ0n) is 16.5. The summed E-state index contributed by atoms with van der Waals surface area (Å²) < 4.78 is 4.81. The van der Waals surface area contributed by atoms with Crippen LogP contribution in [-0.2, 0) is 14.3 Å². The lowest BCUT2D eigenvalue weighted by atomic mass is 9.86. The zero-order valence-corrected chi connectivity index (χ0v) is 16.5. The Morgan fingerprint density at radius 2 is 1.76 bits per heavy atom. The van der Waals surface area contributed by atoms with Crippen LogP contribution in [0.5, 0.6) is 0 Å². The number of urea groups is 2. The summed E-state index contributed by atoms with van der Waals surface area (Å²) in [4.78, 5) is 47.0. The molecular formula is C20H28N4O5. The second kappa shape index (κ2) is 11.7. The molecule has 29 heavy (non-hydrogen) atoms. The molecule has 0 bridgehead atoms. The summed E-state index contributed by atoms with van der Waals surface area (Å²) in [6.45, 7) is 1.57. The predicted octanol–water partition coefficient (Wildman–Crippen LogP) is 2.15. The highest BCUT2D eigenvalue weighted by molar-refractivity contribution is 5.95. The number of amides is 5. The number of hydrogen-bond donors (Lipinski definition) is 4. The highest BCUT2D eigenvalue weighted by Crippen LogP contribution is 2.23. The van der Waals surface area contributed by atoms with Gasteiger partial charge in [0.1, 0.15) is 0 Å². The summed E-state index contributed by atoms with van der Waals surface area (Å²) >= 11 is 0. The summed E-state index contributed by atoms with van der Waals surface area (Å²) in [5.41, 5.74) is 0.630. The summed E-state index contributed by atoms with van der Waals surface area (Å²) in [6, 6.07) is 7.89. The molecule has 9 heteroatoms. The molecule has 1 aromatic rings. The summed E-state index contributed by atoms with van der Waals surface area (Å²) in [5.74, 6) is -0.982. The standard InChI is InChI=1S/C20H28N4O5/c1-14-7-5-6-10-16(14)23-20(28)24-17(25)13-29-18(26)11-12-21-19(27)22-15-8-3-2-4-9-15/h2-4,8-9,14,16H,5-7,10-13H2,1H3,(H2,21,22,27)(H2,23,24,25,28)/t14-,16-/m0/s1. The smallest absolute Gasteiger partial charge is 0.321 e. The molecule has 1 saturated carbocycles. The third-order valence-electron chi connectivity index (χ3n) is 4.69. The number of hydrogen-bond acceptors (Lipinski definition) is 5. The Bertz CT molecular complexity index is 710. The Hall–Kier alpha value is -3.10. The first-order valence-corrected chi connectivity index (χ1v) is 9.80. The third kappa shape index (κ3) is 8.63. The van der Waals surface area contributed by atoms with Crippen molar-refractivity contribution >= 4 is 29.6 Å². The maximum atomic E-state index is 11.9. The van der Waals surface area contributed by atoms with Crippen molar-refractivity contribution in [3.05, 3.63) is 30.3 Å². The van der Waals surface area contributed by atoms with Crippen LogP contribution in [0, 0.1) is 5.92 Å². The Balaban J connectivity index is 1.56. The van der Waals surface area contributed by atoms with E-state index < -0.39 is 30.5 Å². The molecule has 1 aliphatic carbocycles. The number of nitrogens with one attached hydrogen (secondary N) is 4. The van der Waals surface area contributed by atoms with Gasteiger partial charge in [-0.05, 0) is 30.9 Å². The molecule has 0 unspecified atom stereocenters. The second-order valence-corrected chi connectivity index (χ2v) is 7.05. The van der Waals surface area contributed by atoms with Gasteiger partial charge < -0.3 is 20.7 Å². The van der Waals surface area contributed by atoms with Crippen molar-refractivity contribution in [2.45, 2.75) is 45.1 Å². The lowest BCUT2D eigenvalue weighted by molar-refractivity contribution is -0.148. The minimum atomic E-state index is -0.700. The molecule has 2 rings (SSSR count). The topological polar surface area (TPSA) is 126 Å². The molecule has 0 saturated heterocycles. The van der Waals surface area contributed by atoms with Crippen LogP contribution in [0.25, 0.3) is 0 Å². The van der Waals surface area contributed by atoms with Gasteiger partial charge in [0.2, 0.25) is 0 Å². The quantitative estimate of drug-likeness (QED) is 0.518. The lowest BCUT2D eigenvalue weighted by Crippen LogP contribution is -2.48. The van der Waals surface area contributed by atoms with E-state index in [-0.39, 0.29) is 19.0 Å². The van der Waals surface area contributed by atoms with E-state index in [4.69, 9.17) is 4.74 Å². The summed E-state index contributed by atoms with van der Waals surface area (Å²) in [6.07, 6.45) is 4.05. The first kappa shape index (κ1) is 22.2. The monoisotopic (exact) mass is 404 g/mol. The largest absolute Gasteiger partial charge is 0.456 e. The molecule has 1 fully saturated rings. The average molecular weight is 404 g/mol. The van der Waals surface area contributed by atoms with E-state index in [0.717, 1.165) is 25.7 Å². The van der Waals surface area contributed by atoms with Gasteiger partial charge in [0.05, 0.1) is 6.42 Å². The number of esters is 1. The van der Waals surface area contributed by atoms with Gasteiger partial charge in [-0.15, -0.1) is 0 Å². The molecule has 5 amide bonds. The van der Waals surface area contributed by atoms with Crippen LogP contribution in [0.3, 0.4) is 0 Å². The number of para-hydroxylation sites is 1. The van der Waals surface area contributed by atoms with Crippen LogP contribution in [-0.4, -0.2) is 43.1 Å². The molecule has 2 atom stereocenters. The average Bonchev–Trinajstić information content (AvgIpc) is 2.69. The van der Waals surface area contributed by atoms with E-state index >= 15 is 0 Å². The van der Waals surface area contributed by atoms with E-state index in [1.165, 1.54) is 0 Å². The molecule has 0 aliphatic heterocycles. The number of imide groups is 1. The fraction of sp³-hybridized carbons (Fsp3) is 0.500. The van der Waals surface area contributed by atoms with Crippen LogP contribution in [0.1, 0.15) is 39.0 Å². The van der Waals surface area contributed by atoms with Gasteiger partial charge in [0, 0.05) is 18.3 Å². The first-order chi connectivity index (χ1) is 13.9.